The summed E-state index contributed by atoms with van der Waals surface area (Å²) < 4.78 is 37.6. The smallest absolute Gasteiger partial charge is 0.213 e. The van der Waals surface area contributed by atoms with Gasteiger partial charge in [0.15, 0.2) is 5.96 Å². The Morgan fingerprint density at radius 1 is 1.22 bits per heavy atom. The second-order valence-electron chi connectivity index (χ2n) is 7.37. The predicted octanol–water partition coefficient (Wildman–Crippen LogP) is 0.656. The zero-order valence-corrected chi connectivity index (χ0v) is 17.6. The molecule has 0 aromatic carbocycles. The molecule has 1 saturated carbocycles. The van der Waals surface area contributed by atoms with Crippen molar-refractivity contribution in [1.82, 2.24) is 14.9 Å². The quantitative estimate of drug-likeness (QED) is 0.282. The molecule has 1 heterocycles. The molecule has 2 rings (SSSR count). The summed E-state index contributed by atoms with van der Waals surface area (Å²) in [4.78, 5) is 6.73. The molecule has 1 aliphatic carbocycles. The number of rotatable bonds is 12. The van der Waals surface area contributed by atoms with Gasteiger partial charge in [-0.25, -0.2) is 13.1 Å². The maximum absolute atomic E-state index is 12.1. The molecule has 1 aliphatic heterocycles. The average Bonchev–Trinajstić information content (AvgIpc) is 3.05. The second kappa shape index (κ2) is 11.8. The van der Waals surface area contributed by atoms with Crippen LogP contribution >= 0.6 is 0 Å². The summed E-state index contributed by atoms with van der Waals surface area (Å²) in [5.41, 5.74) is 0. The lowest BCUT2D eigenvalue weighted by molar-refractivity contribution is 0.0536. The molecule has 9 heteroatoms. The maximum Gasteiger partial charge on any atom is 0.213 e. The van der Waals surface area contributed by atoms with Gasteiger partial charge in [0.2, 0.25) is 10.0 Å². The molecular formula is C18H36N4O4S. The van der Waals surface area contributed by atoms with E-state index in [0.29, 0.717) is 31.6 Å². The molecule has 0 spiro atoms. The minimum absolute atomic E-state index is 0.0337. The molecule has 2 aliphatic rings. The second-order valence-corrected chi connectivity index (χ2v) is 9.29. The molecule has 0 aromatic rings. The van der Waals surface area contributed by atoms with Crippen LogP contribution in [0.1, 0.15) is 32.6 Å². The van der Waals surface area contributed by atoms with Gasteiger partial charge in [0.1, 0.15) is 0 Å². The number of aliphatic imine (C=N–C) groups is 1. The number of hydrogen-bond acceptors (Lipinski definition) is 5. The van der Waals surface area contributed by atoms with Gasteiger partial charge in [0.25, 0.3) is 0 Å². The summed E-state index contributed by atoms with van der Waals surface area (Å²) >= 11 is 0. The Bertz CT molecular complexity index is 552. The van der Waals surface area contributed by atoms with Gasteiger partial charge in [-0.05, 0) is 32.1 Å². The van der Waals surface area contributed by atoms with E-state index in [0.717, 1.165) is 51.5 Å². The Hall–Kier alpha value is -0.900. The number of nitrogens with zero attached hydrogens (tertiary/aromatic N) is 2. The first-order chi connectivity index (χ1) is 13.0. The van der Waals surface area contributed by atoms with Gasteiger partial charge in [-0.15, -0.1) is 0 Å². The number of methoxy groups -OCH3 is 1. The fourth-order valence-electron chi connectivity index (χ4n) is 3.26. The molecule has 0 radical (unpaired) electrons. The van der Waals surface area contributed by atoms with E-state index >= 15 is 0 Å². The van der Waals surface area contributed by atoms with Crippen molar-refractivity contribution in [1.29, 1.82) is 0 Å². The number of hydrogen-bond donors (Lipinski definition) is 2. The molecular weight excluding hydrogens is 368 g/mol. The van der Waals surface area contributed by atoms with Gasteiger partial charge in [0.05, 0.1) is 32.1 Å². The third-order valence-electron chi connectivity index (χ3n) is 5.14. The maximum atomic E-state index is 12.1. The van der Waals surface area contributed by atoms with Crippen LogP contribution in [-0.4, -0.2) is 84.7 Å². The van der Waals surface area contributed by atoms with E-state index in [9.17, 15) is 8.42 Å². The Kier molecular flexibility index (Phi) is 9.81. The Balaban J connectivity index is 1.74. The lowest BCUT2D eigenvalue weighted by atomic mass is 9.86. The van der Waals surface area contributed by atoms with Crippen molar-refractivity contribution < 1.29 is 17.9 Å². The summed E-state index contributed by atoms with van der Waals surface area (Å²) in [5.74, 6) is 1.82. The third-order valence-corrected chi connectivity index (χ3v) is 6.47. The molecule has 0 bridgehead atoms. The summed E-state index contributed by atoms with van der Waals surface area (Å²) in [6.07, 6.45) is 4.54. The van der Waals surface area contributed by atoms with Crippen LogP contribution in [0.15, 0.2) is 4.99 Å². The Morgan fingerprint density at radius 2 is 2.04 bits per heavy atom. The van der Waals surface area contributed by atoms with Gasteiger partial charge in [0, 0.05) is 39.2 Å². The van der Waals surface area contributed by atoms with Crippen LogP contribution in [0, 0.1) is 11.8 Å². The highest BCUT2D eigenvalue weighted by molar-refractivity contribution is 7.89. The van der Waals surface area contributed by atoms with E-state index in [1.165, 1.54) is 6.42 Å². The molecule has 0 aromatic heterocycles. The molecule has 1 unspecified atom stereocenters. The van der Waals surface area contributed by atoms with Crippen molar-refractivity contribution in [3.05, 3.63) is 0 Å². The normalized spacial score (nSPS) is 21.5. The van der Waals surface area contributed by atoms with E-state index in [-0.39, 0.29) is 12.3 Å². The minimum atomic E-state index is -3.25. The largest absolute Gasteiger partial charge is 0.382 e. The highest BCUT2D eigenvalue weighted by atomic mass is 32.2. The first kappa shape index (κ1) is 22.4. The SMILES string of the molecule is CCNC(=NCCS(=O)(=O)NCC1CCC1)N1CCC(COCCOC)C1. The van der Waals surface area contributed by atoms with Gasteiger partial charge in [-0.3, -0.25) is 4.99 Å². The van der Waals surface area contributed by atoms with Crippen LogP contribution in [-0.2, 0) is 19.5 Å². The highest BCUT2D eigenvalue weighted by Crippen LogP contribution is 2.25. The molecule has 0 amide bonds. The average molecular weight is 405 g/mol. The standard InChI is InChI=1S/C18H36N4O4S/c1-3-19-18(22-9-7-17(14-22)15-26-11-10-25-2)20-8-12-27(23,24)21-13-16-5-4-6-16/h16-17,21H,3-15H2,1-2H3,(H,19,20). The number of sulfonamides is 1. The first-order valence-electron chi connectivity index (χ1n) is 10.1. The van der Waals surface area contributed by atoms with Crippen LogP contribution in [0.25, 0.3) is 0 Å². The molecule has 2 N–H and O–H groups in total. The first-order valence-corrected chi connectivity index (χ1v) is 11.8. The van der Waals surface area contributed by atoms with E-state index in [1.54, 1.807) is 7.11 Å². The number of nitrogens with one attached hydrogen (secondary N) is 2. The lowest BCUT2D eigenvalue weighted by Gasteiger charge is -2.25. The molecule has 27 heavy (non-hydrogen) atoms. The molecule has 158 valence electrons. The van der Waals surface area contributed by atoms with Crippen molar-refractivity contribution in [2.45, 2.75) is 32.6 Å². The van der Waals surface area contributed by atoms with Crippen LogP contribution in [0.3, 0.4) is 0 Å². The molecule has 1 atom stereocenters. The fraction of sp³-hybridized carbons (Fsp3) is 0.944. The van der Waals surface area contributed by atoms with Crippen molar-refractivity contribution in [3.63, 3.8) is 0 Å². The van der Waals surface area contributed by atoms with E-state index in [1.807, 2.05) is 6.92 Å². The van der Waals surface area contributed by atoms with Crippen molar-refractivity contribution in [3.8, 4) is 0 Å². The molecule has 8 nitrogen and oxygen atoms in total. The molecule has 1 saturated heterocycles. The van der Waals surface area contributed by atoms with E-state index in [2.05, 4.69) is 19.9 Å². The molecule has 2 fully saturated rings. The van der Waals surface area contributed by atoms with Crippen LogP contribution in [0.4, 0.5) is 0 Å². The summed E-state index contributed by atoms with van der Waals surface area (Å²) in [6.45, 7) is 7.37. The monoisotopic (exact) mass is 404 g/mol. The lowest BCUT2D eigenvalue weighted by Crippen LogP contribution is -2.41. The van der Waals surface area contributed by atoms with Crippen LogP contribution in [0.5, 0.6) is 0 Å². The van der Waals surface area contributed by atoms with Gasteiger partial charge >= 0.3 is 0 Å². The van der Waals surface area contributed by atoms with E-state index in [4.69, 9.17) is 9.47 Å². The van der Waals surface area contributed by atoms with Gasteiger partial charge in [-0.2, -0.15) is 0 Å². The Morgan fingerprint density at radius 3 is 2.70 bits per heavy atom. The van der Waals surface area contributed by atoms with Crippen molar-refractivity contribution in [2.75, 3.05) is 65.4 Å². The van der Waals surface area contributed by atoms with Crippen LogP contribution < -0.4 is 10.0 Å². The number of guanidine groups is 1. The summed E-state index contributed by atoms with van der Waals surface area (Å²) in [5, 5.41) is 3.28. The summed E-state index contributed by atoms with van der Waals surface area (Å²) in [7, 11) is -1.58. The number of ether oxygens (including phenoxy) is 2. The van der Waals surface area contributed by atoms with Gasteiger partial charge in [-0.1, -0.05) is 6.42 Å². The van der Waals surface area contributed by atoms with Crippen molar-refractivity contribution >= 4 is 16.0 Å². The zero-order chi connectivity index (χ0) is 19.5. The van der Waals surface area contributed by atoms with E-state index < -0.39 is 10.0 Å². The van der Waals surface area contributed by atoms with Crippen LogP contribution in [0.2, 0.25) is 0 Å². The topological polar surface area (TPSA) is 92.3 Å². The fourth-order valence-corrected chi connectivity index (χ4v) is 4.23. The van der Waals surface area contributed by atoms with Gasteiger partial charge < -0.3 is 19.7 Å². The summed E-state index contributed by atoms with van der Waals surface area (Å²) in [6, 6.07) is 0. The highest BCUT2D eigenvalue weighted by Gasteiger charge is 2.25. The Labute approximate surface area is 164 Å². The third kappa shape index (κ3) is 8.33. The zero-order valence-electron chi connectivity index (χ0n) is 16.8. The minimum Gasteiger partial charge on any atom is -0.382 e. The predicted molar refractivity (Wildman–Crippen MR) is 107 cm³/mol. The van der Waals surface area contributed by atoms with Crippen molar-refractivity contribution in [2.24, 2.45) is 16.8 Å². The number of likely N-dealkylation sites (tertiary alicyclic amines) is 1.